The van der Waals surface area contributed by atoms with E-state index in [2.05, 4.69) is 40.3 Å². The lowest BCUT2D eigenvalue weighted by molar-refractivity contribution is 0.151. The maximum Gasteiger partial charge on any atom is 0.421 e. The third-order valence-electron chi connectivity index (χ3n) is 5.88. The Hall–Kier alpha value is -2.65. The zero-order chi connectivity index (χ0) is 24.3. The second kappa shape index (κ2) is 10.3. The highest BCUT2D eigenvalue weighted by Gasteiger charge is 2.27. The maximum atomic E-state index is 13.1. The van der Waals surface area contributed by atoms with E-state index in [1.54, 1.807) is 0 Å². The Morgan fingerprint density at radius 2 is 2.06 bits per heavy atom. The third kappa shape index (κ3) is 5.36. The van der Waals surface area contributed by atoms with E-state index in [1.807, 2.05) is 37.5 Å². The number of imidazole rings is 1. The second-order valence-corrected chi connectivity index (χ2v) is 12.0. The molecule has 0 spiro atoms. The average Bonchev–Trinajstić information content (AvgIpc) is 3.49. The molecule has 1 aliphatic heterocycles. The molecule has 0 fully saturated rings. The fourth-order valence-electron chi connectivity index (χ4n) is 4.26. The number of fused-ring (bicyclic) bond motifs is 1. The molecule has 9 heteroatoms. The minimum Gasteiger partial charge on any atom is -0.449 e. The van der Waals surface area contributed by atoms with E-state index in [-0.39, 0.29) is 16.9 Å². The molecule has 7 nitrogen and oxygen atoms in total. The van der Waals surface area contributed by atoms with Crippen molar-refractivity contribution >= 4 is 27.5 Å². The molecule has 4 rings (SSSR count). The van der Waals surface area contributed by atoms with Crippen LogP contribution < -0.4 is 4.72 Å². The molecule has 0 radical (unpaired) electrons. The highest BCUT2D eigenvalue weighted by atomic mass is 32.2. The van der Waals surface area contributed by atoms with Gasteiger partial charge in [0.15, 0.2) is 0 Å². The van der Waals surface area contributed by atoms with Crippen LogP contribution >= 0.6 is 11.3 Å². The molecule has 0 aliphatic carbocycles. The topological polar surface area (TPSA) is 90.3 Å². The molecule has 182 valence electrons. The molecule has 3 aromatic rings. The molecule has 34 heavy (non-hydrogen) atoms. The number of aromatic nitrogens is 2. The smallest absolute Gasteiger partial charge is 0.421 e. The van der Waals surface area contributed by atoms with Crippen molar-refractivity contribution in [2.75, 3.05) is 6.61 Å². The van der Waals surface area contributed by atoms with Crippen LogP contribution in [0, 0.1) is 5.92 Å². The molecule has 1 amide bonds. The lowest BCUT2D eigenvalue weighted by Gasteiger charge is -2.14. The number of carbonyl (C=O) groups is 1. The van der Waals surface area contributed by atoms with Gasteiger partial charge in [0.1, 0.15) is 10.0 Å². The van der Waals surface area contributed by atoms with E-state index < -0.39 is 16.1 Å². The molecular weight excluding hydrogens is 470 g/mol. The normalized spacial score (nSPS) is 15.5. The van der Waals surface area contributed by atoms with Crippen LogP contribution in [0.1, 0.15) is 62.3 Å². The first-order valence-corrected chi connectivity index (χ1v) is 14.0. The molecule has 1 aromatic carbocycles. The molecule has 0 unspecified atom stereocenters. The van der Waals surface area contributed by atoms with E-state index in [1.165, 1.54) is 16.9 Å². The Labute approximate surface area is 205 Å². The predicted molar refractivity (Wildman–Crippen MR) is 134 cm³/mol. The largest absolute Gasteiger partial charge is 0.449 e. The number of amides is 1. The van der Waals surface area contributed by atoms with Gasteiger partial charge in [-0.3, -0.25) is 0 Å². The molecular formula is C25H31N3O4S2. The van der Waals surface area contributed by atoms with Crippen molar-refractivity contribution in [3.8, 4) is 11.1 Å². The van der Waals surface area contributed by atoms with Gasteiger partial charge >= 0.3 is 6.09 Å². The van der Waals surface area contributed by atoms with Crippen LogP contribution in [0.25, 0.3) is 11.1 Å². The summed E-state index contributed by atoms with van der Waals surface area (Å²) in [5.74, 6) is 1.47. The number of hydrogen-bond acceptors (Lipinski definition) is 6. The van der Waals surface area contributed by atoms with Gasteiger partial charge in [-0.2, -0.15) is 0 Å². The molecule has 0 bridgehead atoms. The van der Waals surface area contributed by atoms with Crippen LogP contribution in [0.5, 0.6) is 0 Å². The number of ether oxygens (including phenoxy) is 1. The van der Waals surface area contributed by atoms with Gasteiger partial charge in [-0.05, 0) is 42.4 Å². The monoisotopic (exact) mass is 501 g/mol. The molecule has 0 saturated carbocycles. The van der Waals surface area contributed by atoms with Gasteiger partial charge in [0.25, 0.3) is 10.0 Å². The van der Waals surface area contributed by atoms with Crippen molar-refractivity contribution in [2.24, 2.45) is 5.92 Å². The summed E-state index contributed by atoms with van der Waals surface area (Å²) < 4.78 is 35.7. The standard InChI is InChI=1S/C25H31N3O4S2/c1-4-5-14-32-25(29)27-34(30,31)24-21(16-20(33-24)15-17(2)3)18-6-8-19(9-7-18)22-10-11-23-26-12-13-28(22)23/h6-9,12-13,16-17,22H,4-5,10-11,14-15H2,1-3H3,(H,27,29)/t22-/m1/s1. The number of hydrogen-bond donors (Lipinski definition) is 1. The number of sulfonamides is 1. The first-order chi connectivity index (χ1) is 16.3. The average molecular weight is 502 g/mol. The first kappa shape index (κ1) is 24.5. The lowest BCUT2D eigenvalue weighted by atomic mass is 10.0. The first-order valence-electron chi connectivity index (χ1n) is 11.7. The highest BCUT2D eigenvalue weighted by molar-refractivity contribution is 7.92. The van der Waals surface area contributed by atoms with Crippen LogP contribution in [-0.2, 0) is 27.6 Å². The van der Waals surface area contributed by atoms with Crippen molar-refractivity contribution in [1.82, 2.24) is 14.3 Å². The van der Waals surface area contributed by atoms with Crippen LogP contribution in [-0.4, -0.2) is 30.7 Å². The number of benzene rings is 1. The Bertz CT molecular complexity index is 1240. The minimum atomic E-state index is -4.07. The van der Waals surface area contributed by atoms with E-state index >= 15 is 0 Å². The van der Waals surface area contributed by atoms with Crippen molar-refractivity contribution < 1.29 is 17.9 Å². The van der Waals surface area contributed by atoms with Crippen LogP contribution in [0.15, 0.2) is 46.9 Å². The van der Waals surface area contributed by atoms with E-state index in [9.17, 15) is 13.2 Å². The summed E-state index contributed by atoms with van der Waals surface area (Å²) >= 11 is 1.21. The van der Waals surface area contributed by atoms with Crippen LogP contribution in [0.3, 0.4) is 0 Å². The summed E-state index contributed by atoms with van der Waals surface area (Å²) in [4.78, 5) is 17.5. The van der Waals surface area contributed by atoms with Crippen LogP contribution in [0.2, 0.25) is 0 Å². The minimum absolute atomic E-state index is 0.140. The summed E-state index contributed by atoms with van der Waals surface area (Å²) in [6.07, 6.45) is 7.15. The summed E-state index contributed by atoms with van der Waals surface area (Å²) in [7, 11) is -4.07. The van der Waals surface area contributed by atoms with Gasteiger partial charge in [-0.1, -0.05) is 51.5 Å². The van der Waals surface area contributed by atoms with Crippen molar-refractivity contribution in [3.05, 3.63) is 59.0 Å². The third-order valence-corrected chi connectivity index (χ3v) is 8.89. The zero-order valence-electron chi connectivity index (χ0n) is 19.8. The van der Waals surface area contributed by atoms with E-state index in [0.717, 1.165) is 41.9 Å². The summed E-state index contributed by atoms with van der Waals surface area (Å²) in [6.45, 7) is 6.35. The van der Waals surface area contributed by atoms with Crippen molar-refractivity contribution in [2.45, 2.75) is 63.1 Å². The van der Waals surface area contributed by atoms with Gasteiger partial charge in [0.2, 0.25) is 0 Å². The maximum absolute atomic E-state index is 13.1. The van der Waals surface area contributed by atoms with E-state index in [0.29, 0.717) is 17.9 Å². The molecule has 3 heterocycles. The fraction of sp³-hybridized carbons (Fsp3) is 0.440. The molecule has 2 aromatic heterocycles. The van der Waals surface area contributed by atoms with Gasteiger partial charge in [0, 0.05) is 29.3 Å². The Morgan fingerprint density at radius 1 is 1.29 bits per heavy atom. The number of nitrogens with one attached hydrogen (secondary N) is 1. The van der Waals surface area contributed by atoms with Crippen molar-refractivity contribution in [3.63, 3.8) is 0 Å². The quantitative estimate of drug-likeness (QED) is 0.388. The van der Waals surface area contributed by atoms with E-state index in [4.69, 9.17) is 4.74 Å². The molecule has 1 N–H and O–H groups in total. The Morgan fingerprint density at radius 3 is 2.76 bits per heavy atom. The number of rotatable bonds is 9. The molecule has 1 aliphatic rings. The number of unbranched alkanes of at least 4 members (excludes halogenated alkanes) is 1. The van der Waals surface area contributed by atoms with Gasteiger partial charge < -0.3 is 9.30 Å². The summed E-state index contributed by atoms with van der Waals surface area (Å²) in [6, 6.07) is 10.2. The molecule has 1 atom stereocenters. The second-order valence-electron chi connectivity index (χ2n) is 9.03. The predicted octanol–water partition coefficient (Wildman–Crippen LogP) is 5.56. The Balaban J connectivity index is 1.62. The lowest BCUT2D eigenvalue weighted by Crippen LogP contribution is -2.31. The van der Waals surface area contributed by atoms with Gasteiger partial charge in [0.05, 0.1) is 12.6 Å². The number of nitrogens with zero attached hydrogens (tertiary/aromatic N) is 2. The summed E-state index contributed by atoms with van der Waals surface area (Å²) in [5.41, 5.74) is 2.58. The SMILES string of the molecule is CCCCOC(=O)NS(=O)(=O)c1sc(CC(C)C)cc1-c1ccc([C@H]2CCc3nccn32)cc1. The number of aryl methyl sites for hydroxylation is 1. The van der Waals surface area contributed by atoms with Gasteiger partial charge in [-0.15, -0.1) is 11.3 Å². The zero-order valence-corrected chi connectivity index (χ0v) is 21.4. The fourth-order valence-corrected chi connectivity index (χ4v) is 7.10. The van der Waals surface area contributed by atoms with Gasteiger partial charge in [-0.25, -0.2) is 22.9 Å². The molecule has 0 saturated heterocycles. The van der Waals surface area contributed by atoms with Crippen molar-refractivity contribution in [1.29, 1.82) is 0 Å². The summed E-state index contributed by atoms with van der Waals surface area (Å²) in [5, 5.41) is 0. The number of thiophene rings is 1. The van der Waals surface area contributed by atoms with Crippen LogP contribution in [0.4, 0.5) is 4.79 Å². The Kier molecular flexibility index (Phi) is 7.42. The number of carbonyl (C=O) groups excluding carboxylic acids is 1. The highest BCUT2D eigenvalue weighted by Crippen LogP contribution is 2.38.